The highest BCUT2D eigenvalue weighted by Crippen LogP contribution is 2.34. The number of carboxylic acids is 1. The Hall–Kier alpha value is -0.610. The van der Waals surface area contributed by atoms with Crippen molar-refractivity contribution >= 4 is 5.97 Å². The second-order valence-electron chi connectivity index (χ2n) is 6.05. The van der Waals surface area contributed by atoms with Crippen LogP contribution in [0.1, 0.15) is 51.9 Å². The molecular formula is C15H27NO3. The van der Waals surface area contributed by atoms with Gasteiger partial charge in [0.15, 0.2) is 0 Å². The van der Waals surface area contributed by atoms with E-state index in [4.69, 9.17) is 4.74 Å². The van der Waals surface area contributed by atoms with Crippen LogP contribution < -0.4 is 0 Å². The summed E-state index contributed by atoms with van der Waals surface area (Å²) in [5.41, 5.74) is -0.578. The molecule has 2 rings (SSSR count). The molecule has 1 heterocycles. The van der Waals surface area contributed by atoms with E-state index in [-0.39, 0.29) is 0 Å². The van der Waals surface area contributed by atoms with E-state index in [0.29, 0.717) is 38.6 Å². The van der Waals surface area contributed by atoms with Crippen LogP contribution in [0.4, 0.5) is 0 Å². The van der Waals surface area contributed by atoms with Crippen LogP contribution in [-0.4, -0.2) is 48.3 Å². The molecule has 2 aliphatic rings. The van der Waals surface area contributed by atoms with Crippen molar-refractivity contribution in [1.29, 1.82) is 0 Å². The van der Waals surface area contributed by atoms with Gasteiger partial charge in [0.1, 0.15) is 0 Å². The van der Waals surface area contributed by atoms with Crippen molar-refractivity contribution < 1.29 is 14.6 Å². The molecule has 4 nitrogen and oxygen atoms in total. The normalized spacial score (nSPS) is 24.5. The Balaban J connectivity index is 2.03. The summed E-state index contributed by atoms with van der Waals surface area (Å²) in [4.78, 5) is 14.1. The van der Waals surface area contributed by atoms with Gasteiger partial charge in [-0.1, -0.05) is 26.2 Å². The predicted octanol–water partition coefficient (Wildman–Crippen LogP) is 2.52. The molecule has 0 aromatic heterocycles. The van der Waals surface area contributed by atoms with E-state index in [1.54, 1.807) is 0 Å². The maximum absolute atomic E-state index is 11.7. The summed E-state index contributed by atoms with van der Waals surface area (Å²) in [7, 11) is 0. The molecule has 1 saturated carbocycles. The summed E-state index contributed by atoms with van der Waals surface area (Å²) in [6.45, 7) is 5.00. The third-order valence-electron chi connectivity index (χ3n) is 4.91. The van der Waals surface area contributed by atoms with Gasteiger partial charge in [-0.05, 0) is 32.2 Å². The minimum Gasteiger partial charge on any atom is -0.481 e. The average Bonchev–Trinajstić information content (AvgIpc) is 2.46. The maximum Gasteiger partial charge on any atom is 0.311 e. The number of ether oxygens (including phenoxy) is 1. The Bertz CT molecular complexity index is 294. The fourth-order valence-electron chi connectivity index (χ4n) is 3.54. The maximum atomic E-state index is 11.7. The van der Waals surface area contributed by atoms with E-state index in [9.17, 15) is 9.90 Å². The van der Waals surface area contributed by atoms with Crippen molar-refractivity contribution in [2.24, 2.45) is 5.41 Å². The number of hydrogen-bond donors (Lipinski definition) is 1. The van der Waals surface area contributed by atoms with Crippen molar-refractivity contribution in [3.05, 3.63) is 0 Å². The van der Waals surface area contributed by atoms with Crippen LogP contribution in [0.3, 0.4) is 0 Å². The van der Waals surface area contributed by atoms with Gasteiger partial charge in [0.05, 0.1) is 5.41 Å². The molecule has 2 fully saturated rings. The fourth-order valence-corrected chi connectivity index (χ4v) is 3.54. The van der Waals surface area contributed by atoms with Gasteiger partial charge in [0.2, 0.25) is 0 Å². The van der Waals surface area contributed by atoms with Crippen LogP contribution in [-0.2, 0) is 9.53 Å². The molecule has 0 amide bonds. The first-order valence-corrected chi connectivity index (χ1v) is 7.73. The fraction of sp³-hybridized carbons (Fsp3) is 0.933. The third-order valence-corrected chi connectivity index (χ3v) is 4.91. The van der Waals surface area contributed by atoms with Crippen LogP contribution in [0.5, 0.6) is 0 Å². The second-order valence-corrected chi connectivity index (χ2v) is 6.05. The number of hydrogen-bond acceptors (Lipinski definition) is 3. The molecule has 1 aliphatic heterocycles. The van der Waals surface area contributed by atoms with Crippen molar-refractivity contribution in [2.45, 2.75) is 57.9 Å². The number of aliphatic carboxylic acids is 1. The van der Waals surface area contributed by atoms with Crippen LogP contribution in [0, 0.1) is 5.41 Å². The number of nitrogens with zero attached hydrogens (tertiary/aromatic N) is 1. The largest absolute Gasteiger partial charge is 0.481 e. The van der Waals surface area contributed by atoms with Gasteiger partial charge in [-0.2, -0.15) is 0 Å². The second kappa shape index (κ2) is 6.71. The predicted molar refractivity (Wildman–Crippen MR) is 74.2 cm³/mol. The molecule has 1 N–H and O–H groups in total. The summed E-state index contributed by atoms with van der Waals surface area (Å²) in [5.74, 6) is -0.634. The summed E-state index contributed by atoms with van der Waals surface area (Å²) >= 11 is 0. The molecular weight excluding hydrogens is 242 g/mol. The van der Waals surface area contributed by atoms with Crippen LogP contribution in [0.15, 0.2) is 0 Å². The molecule has 19 heavy (non-hydrogen) atoms. The van der Waals surface area contributed by atoms with Crippen LogP contribution >= 0.6 is 0 Å². The molecule has 0 spiro atoms. The zero-order valence-corrected chi connectivity index (χ0v) is 12.1. The van der Waals surface area contributed by atoms with E-state index in [2.05, 4.69) is 11.8 Å². The summed E-state index contributed by atoms with van der Waals surface area (Å²) in [5, 5.41) is 9.65. The van der Waals surface area contributed by atoms with E-state index in [1.165, 1.54) is 32.1 Å². The van der Waals surface area contributed by atoms with Crippen LogP contribution in [0.2, 0.25) is 0 Å². The minimum absolute atomic E-state index is 0.578. The molecule has 4 heteroatoms. The van der Waals surface area contributed by atoms with Crippen molar-refractivity contribution in [2.75, 3.05) is 26.3 Å². The van der Waals surface area contributed by atoms with Crippen LogP contribution in [0.25, 0.3) is 0 Å². The van der Waals surface area contributed by atoms with Crippen molar-refractivity contribution in [3.63, 3.8) is 0 Å². The van der Waals surface area contributed by atoms with E-state index in [0.717, 1.165) is 6.54 Å². The standard InChI is InChI=1S/C15H27NO3/c1-2-16(13-6-4-3-5-7-13)12-15(14(17)18)8-10-19-11-9-15/h13H,2-12H2,1H3,(H,17,18). The van der Waals surface area contributed by atoms with Gasteiger partial charge >= 0.3 is 5.97 Å². The van der Waals surface area contributed by atoms with E-state index < -0.39 is 11.4 Å². The molecule has 0 radical (unpaired) electrons. The lowest BCUT2D eigenvalue weighted by Crippen LogP contribution is -2.50. The number of carboxylic acid groups (broad SMARTS) is 1. The summed E-state index contributed by atoms with van der Waals surface area (Å²) in [6.07, 6.45) is 7.72. The highest BCUT2D eigenvalue weighted by atomic mass is 16.5. The van der Waals surface area contributed by atoms with Gasteiger partial charge < -0.3 is 9.84 Å². The molecule has 0 bridgehead atoms. The lowest BCUT2D eigenvalue weighted by Gasteiger charge is -2.41. The monoisotopic (exact) mass is 269 g/mol. The Morgan fingerprint density at radius 1 is 1.26 bits per heavy atom. The first-order valence-electron chi connectivity index (χ1n) is 7.73. The summed E-state index contributed by atoms with van der Waals surface area (Å²) < 4.78 is 5.35. The minimum atomic E-state index is -0.634. The van der Waals surface area contributed by atoms with Crippen molar-refractivity contribution in [1.82, 2.24) is 4.90 Å². The smallest absolute Gasteiger partial charge is 0.311 e. The molecule has 0 atom stereocenters. The summed E-state index contributed by atoms with van der Waals surface area (Å²) in [6, 6.07) is 0.595. The quantitative estimate of drug-likeness (QED) is 0.833. The highest BCUT2D eigenvalue weighted by molar-refractivity contribution is 5.75. The number of rotatable bonds is 5. The zero-order valence-electron chi connectivity index (χ0n) is 12.1. The first kappa shape index (κ1) is 14.8. The first-order chi connectivity index (χ1) is 9.18. The Labute approximate surface area is 116 Å². The van der Waals surface area contributed by atoms with Gasteiger partial charge in [-0.15, -0.1) is 0 Å². The Kier molecular flexibility index (Phi) is 5.22. The SMILES string of the molecule is CCN(CC1(C(=O)O)CCOCC1)C1CCCCC1. The lowest BCUT2D eigenvalue weighted by atomic mass is 9.79. The molecule has 0 aromatic rings. The molecule has 0 aromatic carbocycles. The number of carbonyl (C=O) groups is 1. The zero-order chi connectivity index (χ0) is 13.7. The Morgan fingerprint density at radius 2 is 1.89 bits per heavy atom. The Morgan fingerprint density at radius 3 is 2.42 bits per heavy atom. The highest BCUT2D eigenvalue weighted by Gasteiger charge is 2.42. The molecule has 0 unspecified atom stereocenters. The molecule has 1 aliphatic carbocycles. The molecule has 1 saturated heterocycles. The van der Waals surface area contributed by atoms with E-state index >= 15 is 0 Å². The van der Waals surface area contributed by atoms with Gasteiger partial charge in [0, 0.05) is 25.8 Å². The lowest BCUT2D eigenvalue weighted by molar-refractivity contribution is -0.157. The van der Waals surface area contributed by atoms with Crippen molar-refractivity contribution in [3.8, 4) is 0 Å². The van der Waals surface area contributed by atoms with E-state index in [1.807, 2.05) is 0 Å². The topological polar surface area (TPSA) is 49.8 Å². The van der Waals surface area contributed by atoms with Gasteiger partial charge in [-0.3, -0.25) is 9.69 Å². The average molecular weight is 269 g/mol. The van der Waals surface area contributed by atoms with Gasteiger partial charge in [-0.25, -0.2) is 0 Å². The third kappa shape index (κ3) is 3.48. The molecule has 110 valence electrons. The van der Waals surface area contributed by atoms with Gasteiger partial charge in [0.25, 0.3) is 0 Å².